The van der Waals surface area contributed by atoms with Crippen molar-refractivity contribution in [2.24, 2.45) is 0 Å². The van der Waals surface area contributed by atoms with E-state index in [0.717, 1.165) is 22.2 Å². The smallest absolute Gasteiger partial charge is 0.258 e. The summed E-state index contributed by atoms with van der Waals surface area (Å²) < 4.78 is 0. The summed E-state index contributed by atoms with van der Waals surface area (Å²) in [5.41, 5.74) is 9.77. The predicted molar refractivity (Wildman–Crippen MR) is 84.4 cm³/mol. The second kappa shape index (κ2) is 4.94. The lowest BCUT2D eigenvalue weighted by atomic mass is 10.1. The number of amides is 1. The topological polar surface area (TPSA) is 83.8 Å². The van der Waals surface area contributed by atoms with Crippen molar-refractivity contribution in [1.29, 1.82) is 0 Å². The quantitative estimate of drug-likeness (QED) is 0.631. The number of nitrogens with two attached hydrogens (primary N) is 1. The predicted octanol–water partition coefficient (Wildman–Crippen LogP) is 3.01. The van der Waals surface area contributed by atoms with Crippen molar-refractivity contribution < 1.29 is 4.79 Å². The summed E-state index contributed by atoms with van der Waals surface area (Å²) in [4.78, 5) is 19.8. The van der Waals surface area contributed by atoms with Crippen molar-refractivity contribution in [3.63, 3.8) is 0 Å². The first-order valence-electron chi connectivity index (χ1n) is 6.66. The molecule has 5 heteroatoms. The molecule has 1 amide bonds. The number of carbonyl (C=O) groups excluding carboxylic acids is 1. The van der Waals surface area contributed by atoms with Crippen molar-refractivity contribution >= 4 is 28.3 Å². The first kappa shape index (κ1) is 13.2. The van der Waals surface area contributed by atoms with Crippen LogP contribution in [-0.2, 0) is 0 Å². The second-order valence-electron chi connectivity index (χ2n) is 5.13. The number of nitrogens with one attached hydrogen (secondary N) is 2. The molecule has 0 bridgehead atoms. The van der Waals surface area contributed by atoms with Gasteiger partial charge in [-0.15, -0.1) is 0 Å². The molecule has 3 rings (SSSR count). The maximum atomic E-state index is 12.4. The molecular formula is C16H16N4O. The van der Waals surface area contributed by atoms with E-state index in [1.807, 2.05) is 32.0 Å². The minimum atomic E-state index is -0.204. The van der Waals surface area contributed by atoms with E-state index in [1.54, 1.807) is 18.3 Å². The lowest BCUT2D eigenvalue weighted by Gasteiger charge is -2.06. The van der Waals surface area contributed by atoms with Gasteiger partial charge in [-0.3, -0.25) is 4.79 Å². The number of pyridine rings is 1. The van der Waals surface area contributed by atoms with Crippen LogP contribution in [0.1, 0.15) is 21.6 Å². The third-order valence-electron chi connectivity index (χ3n) is 3.29. The van der Waals surface area contributed by atoms with E-state index in [-0.39, 0.29) is 5.91 Å². The van der Waals surface area contributed by atoms with Gasteiger partial charge in [-0.05, 0) is 49.7 Å². The van der Waals surface area contributed by atoms with E-state index in [2.05, 4.69) is 15.3 Å². The highest BCUT2D eigenvalue weighted by Gasteiger charge is 2.13. The number of carbonyl (C=O) groups is 1. The van der Waals surface area contributed by atoms with Gasteiger partial charge in [0.05, 0.1) is 5.56 Å². The summed E-state index contributed by atoms with van der Waals surface area (Å²) in [5.74, 6) is 0.347. The molecular weight excluding hydrogens is 264 g/mol. The Kier molecular flexibility index (Phi) is 3.10. The van der Waals surface area contributed by atoms with E-state index < -0.39 is 0 Å². The molecule has 0 aliphatic carbocycles. The normalized spacial score (nSPS) is 10.8. The molecule has 0 radical (unpaired) electrons. The Bertz CT molecular complexity index is 815. The van der Waals surface area contributed by atoms with Gasteiger partial charge in [0.1, 0.15) is 5.82 Å². The maximum absolute atomic E-state index is 12.4. The van der Waals surface area contributed by atoms with Gasteiger partial charge < -0.3 is 16.0 Å². The van der Waals surface area contributed by atoms with Crippen LogP contribution in [0.4, 0.5) is 11.5 Å². The van der Waals surface area contributed by atoms with E-state index >= 15 is 0 Å². The van der Waals surface area contributed by atoms with Crippen LogP contribution in [0.15, 0.2) is 36.5 Å². The van der Waals surface area contributed by atoms with Gasteiger partial charge in [-0.25, -0.2) is 4.98 Å². The number of anilines is 2. The number of aromatic amines is 1. The molecule has 2 aromatic heterocycles. The third-order valence-corrected chi connectivity index (χ3v) is 3.29. The van der Waals surface area contributed by atoms with Gasteiger partial charge in [0.25, 0.3) is 5.91 Å². The Balaban J connectivity index is 1.95. The Morgan fingerprint density at radius 3 is 2.81 bits per heavy atom. The van der Waals surface area contributed by atoms with E-state index in [4.69, 9.17) is 5.73 Å². The van der Waals surface area contributed by atoms with Gasteiger partial charge in [0.2, 0.25) is 0 Å². The molecule has 0 spiro atoms. The Labute approximate surface area is 122 Å². The van der Waals surface area contributed by atoms with Gasteiger partial charge in [0, 0.05) is 28.5 Å². The number of aromatic nitrogens is 2. The van der Waals surface area contributed by atoms with Crippen LogP contribution in [0.25, 0.3) is 10.9 Å². The van der Waals surface area contributed by atoms with Crippen molar-refractivity contribution in [1.82, 2.24) is 9.97 Å². The number of nitrogens with zero attached hydrogens (tertiary/aromatic N) is 1. The van der Waals surface area contributed by atoms with Crippen LogP contribution >= 0.6 is 0 Å². The molecule has 0 aliphatic rings. The molecule has 1 aromatic carbocycles. The molecule has 4 N–H and O–H groups in total. The van der Waals surface area contributed by atoms with Crippen LogP contribution in [0.5, 0.6) is 0 Å². The average Bonchev–Trinajstić information content (AvgIpc) is 2.80. The molecule has 21 heavy (non-hydrogen) atoms. The van der Waals surface area contributed by atoms with Gasteiger partial charge >= 0.3 is 0 Å². The SMILES string of the molecule is Cc1cc(C)nc(NC(=O)c2c[nH]c3ccc(N)cc23)c1. The lowest BCUT2D eigenvalue weighted by Crippen LogP contribution is -2.13. The van der Waals surface area contributed by atoms with Crippen molar-refractivity contribution in [2.75, 3.05) is 11.1 Å². The van der Waals surface area contributed by atoms with Crippen LogP contribution < -0.4 is 11.1 Å². The van der Waals surface area contributed by atoms with Crippen molar-refractivity contribution in [3.8, 4) is 0 Å². The average molecular weight is 280 g/mol. The zero-order valence-electron chi connectivity index (χ0n) is 11.9. The highest BCUT2D eigenvalue weighted by Crippen LogP contribution is 2.22. The van der Waals surface area contributed by atoms with Crippen LogP contribution in [0.3, 0.4) is 0 Å². The Morgan fingerprint density at radius 2 is 2.05 bits per heavy atom. The first-order chi connectivity index (χ1) is 10.0. The molecule has 0 aliphatic heterocycles. The van der Waals surface area contributed by atoms with E-state index in [0.29, 0.717) is 17.1 Å². The number of H-pyrrole nitrogens is 1. The monoisotopic (exact) mass is 280 g/mol. The molecule has 106 valence electrons. The van der Waals surface area contributed by atoms with Gasteiger partial charge in [-0.1, -0.05) is 0 Å². The number of fused-ring (bicyclic) bond motifs is 1. The summed E-state index contributed by atoms with van der Waals surface area (Å²) in [5, 5.41) is 3.63. The van der Waals surface area contributed by atoms with E-state index in [1.165, 1.54) is 0 Å². The molecule has 5 nitrogen and oxygen atoms in total. The molecule has 2 heterocycles. The van der Waals surface area contributed by atoms with Gasteiger partial charge in [0.15, 0.2) is 0 Å². The Hall–Kier alpha value is -2.82. The van der Waals surface area contributed by atoms with Crippen LogP contribution in [0.2, 0.25) is 0 Å². The highest BCUT2D eigenvalue weighted by atomic mass is 16.1. The molecule has 0 saturated heterocycles. The summed E-state index contributed by atoms with van der Waals surface area (Å²) in [7, 11) is 0. The summed E-state index contributed by atoms with van der Waals surface area (Å²) in [6.45, 7) is 3.87. The van der Waals surface area contributed by atoms with E-state index in [9.17, 15) is 4.79 Å². The zero-order valence-corrected chi connectivity index (χ0v) is 11.9. The zero-order chi connectivity index (χ0) is 15.0. The maximum Gasteiger partial charge on any atom is 0.258 e. The Morgan fingerprint density at radius 1 is 1.24 bits per heavy atom. The fourth-order valence-corrected chi connectivity index (χ4v) is 2.42. The number of hydrogen-bond acceptors (Lipinski definition) is 3. The summed E-state index contributed by atoms with van der Waals surface area (Å²) >= 11 is 0. The summed E-state index contributed by atoms with van der Waals surface area (Å²) in [6.07, 6.45) is 1.68. The second-order valence-corrected chi connectivity index (χ2v) is 5.13. The van der Waals surface area contributed by atoms with Crippen LogP contribution in [-0.4, -0.2) is 15.9 Å². The van der Waals surface area contributed by atoms with Gasteiger partial charge in [-0.2, -0.15) is 0 Å². The number of nitrogen functional groups attached to an aromatic ring is 1. The standard InChI is InChI=1S/C16H16N4O/c1-9-5-10(2)19-15(6-9)20-16(21)13-8-18-14-4-3-11(17)7-12(13)14/h3-8,18H,17H2,1-2H3,(H,19,20,21). The molecule has 0 fully saturated rings. The molecule has 3 aromatic rings. The minimum Gasteiger partial charge on any atom is -0.399 e. The third kappa shape index (κ3) is 2.58. The van der Waals surface area contributed by atoms with Crippen molar-refractivity contribution in [3.05, 3.63) is 53.3 Å². The number of benzene rings is 1. The molecule has 0 saturated carbocycles. The van der Waals surface area contributed by atoms with Crippen LogP contribution in [0, 0.1) is 13.8 Å². The largest absolute Gasteiger partial charge is 0.399 e. The number of aryl methyl sites for hydroxylation is 2. The lowest BCUT2D eigenvalue weighted by molar-refractivity contribution is 0.102. The highest BCUT2D eigenvalue weighted by molar-refractivity contribution is 6.12. The molecule has 0 atom stereocenters. The first-order valence-corrected chi connectivity index (χ1v) is 6.66. The van der Waals surface area contributed by atoms with Crippen molar-refractivity contribution in [2.45, 2.75) is 13.8 Å². The molecule has 0 unspecified atom stereocenters. The minimum absolute atomic E-state index is 0.204. The number of hydrogen-bond donors (Lipinski definition) is 3. The fraction of sp³-hybridized carbons (Fsp3) is 0.125. The number of rotatable bonds is 2. The fourth-order valence-electron chi connectivity index (χ4n) is 2.42. The summed E-state index contributed by atoms with van der Waals surface area (Å²) in [6, 6.07) is 9.24.